The van der Waals surface area contributed by atoms with E-state index in [1.807, 2.05) is 0 Å². The minimum atomic E-state index is -2.41. The maximum atomic E-state index is 12.5. The van der Waals surface area contributed by atoms with Gasteiger partial charge >= 0.3 is 17.9 Å². The van der Waals surface area contributed by atoms with Gasteiger partial charge in [0.2, 0.25) is 5.91 Å². The monoisotopic (exact) mass is 343 g/mol. The molecule has 0 unspecified atom stereocenters. The average Bonchev–Trinajstić information content (AvgIpc) is 3.07. The first-order valence-electron chi connectivity index (χ1n) is 8.23. The van der Waals surface area contributed by atoms with Crippen molar-refractivity contribution < 1.29 is 33.4 Å². The third kappa shape index (κ3) is 4.24. The van der Waals surface area contributed by atoms with E-state index in [1.165, 1.54) is 4.90 Å². The molecule has 0 aliphatic carbocycles. The van der Waals surface area contributed by atoms with Crippen LogP contribution in [-0.4, -0.2) is 61.6 Å². The van der Waals surface area contributed by atoms with Crippen LogP contribution in [-0.2, 0) is 33.4 Å². The van der Waals surface area contributed by atoms with Gasteiger partial charge in [-0.15, -0.1) is 0 Å². The Kier molecular flexibility index (Phi) is 7.67. The number of hydrogen-bond acceptors (Lipinski definition) is 7. The van der Waals surface area contributed by atoms with Crippen LogP contribution in [0.5, 0.6) is 0 Å². The fourth-order valence-electron chi connectivity index (χ4n) is 2.53. The molecule has 0 bridgehead atoms. The fraction of sp³-hybridized carbons (Fsp3) is 0.750. The average molecular weight is 343 g/mol. The zero-order valence-corrected chi connectivity index (χ0v) is 14.5. The summed E-state index contributed by atoms with van der Waals surface area (Å²) in [4.78, 5) is 51.4. The Labute approximate surface area is 141 Å². The van der Waals surface area contributed by atoms with Crippen LogP contribution in [0.3, 0.4) is 0 Å². The molecule has 136 valence electrons. The lowest BCUT2D eigenvalue weighted by Gasteiger charge is -2.28. The second-order valence-electron chi connectivity index (χ2n) is 5.33. The van der Waals surface area contributed by atoms with Crippen LogP contribution in [0.4, 0.5) is 0 Å². The zero-order valence-electron chi connectivity index (χ0n) is 14.5. The lowest BCUT2D eigenvalue weighted by atomic mass is 9.83. The molecule has 1 rings (SSSR count). The summed E-state index contributed by atoms with van der Waals surface area (Å²) < 4.78 is 14.7. The van der Waals surface area contributed by atoms with E-state index in [1.54, 1.807) is 20.8 Å². The molecule has 1 saturated heterocycles. The number of esters is 3. The Bertz CT molecular complexity index is 437. The summed E-state index contributed by atoms with van der Waals surface area (Å²) in [6.07, 6.45) is 1.04. The van der Waals surface area contributed by atoms with E-state index in [0.29, 0.717) is 13.1 Å². The number of amides is 1. The van der Waals surface area contributed by atoms with Crippen molar-refractivity contribution in [3.05, 3.63) is 0 Å². The van der Waals surface area contributed by atoms with Crippen molar-refractivity contribution in [2.24, 2.45) is 5.41 Å². The predicted octanol–water partition coefficient (Wildman–Crippen LogP) is 0.675. The molecular formula is C16H25NO7. The molecule has 0 atom stereocenters. The summed E-state index contributed by atoms with van der Waals surface area (Å²) in [5.74, 6) is -3.82. The van der Waals surface area contributed by atoms with Gasteiger partial charge in [-0.3, -0.25) is 19.2 Å². The molecule has 24 heavy (non-hydrogen) atoms. The SMILES string of the molecule is CCOC(=O)C(CC(=O)N1CCCC1)(C(=O)OCC)C(=O)OCC. The van der Waals surface area contributed by atoms with Crippen molar-refractivity contribution in [2.75, 3.05) is 32.9 Å². The van der Waals surface area contributed by atoms with Crippen LogP contribution in [0.15, 0.2) is 0 Å². The highest BCUT2D eigenvalue weighted by Gasteiger charge is 2.59. The van der Waals surface area contributed by atoms with E-state index in [9.17, 15) is 19.2 Å². The molecule has 8 heteroatoms. The van der Waals surface area contributed by atoms with E-state index in [4.69, 9.17) is 14.2 Å². The molecule has 0 N–H and O–H groups in total. The second kappa shape index (κ2) is 9.24. The third-order valence-corrected chi connectivity index (χ3v) is 3.75. The molecule has 1 aliphatic heterocycles. The molecule has 0 radical (unpaired) electrons. The third-order valence-electron chi connectivity index (χ3n) is 3.75. The van der Waals surface area contributed by atoms with Gasteiger partial charge in [0.1, 0.15) is 0 Å². The highest BCUT2D eigenvalue weighted by Crippen LogP contribution is 2.30. The first-order chi connectivity index (χ1) is 11.4. The minimum absolute atomic E-state index is 0.0443. The fourth-order valence-corrected chi connectivity index (χ4v) is 2.53. The first-order valence-corrected chi connectivity index (χ1v) is 8.23. The van der Waals surface area contributed by atoms with Crippen LogP contribution in [0.1, 0.15) is 40.0 Å². The van der Waals surface area contributed by atoms with Crippen molar-refractivity contribution in [3.8, 4) is 0 Å². The van der Waals surface area contributed by atoms with Crippen molar-refractivity contribution >= 4 is 23.8 Å². The number of nitrogens with zero attached hydrogens (tertiary/aromatic N) is 1. The summed E-state index contributed by atoms with van der Waals surface area (Å²) in [7, 11) is 0. The van der Waals surface area contributed by atoms with Crippen molar-refractivity contribution in [3.63, 3.8) is 0 Å². The number of hydrogen-bond donors (Lipinski definition) is 0. The van der Waals surface area contributed by atoms with Gasteiger partial charge < -0.3 is 19.1 Å². The Morgan fingerprint density at radius 1 is 0.792 bits per heavy atom. The summed E-state index contributed by atoms with van der Waals surface area (Å²) in [6, 6.07) is 0. The molecule has 1 heterocycles. The summed E-state index contributed by atoms with van der Waals surface area (Å²) in [6.45, 7) is 5.56. The van der Waals surface area contributed by atoms with E-state index in [2.05, 4.69) is 0 Å². The lowest BCUT2D eigenvalue weighted by molar-refractivity contribution is -0.186. The van der Waals surface area contributed by atoms with E-state index in [-0.39, 0.29) is 19.8 Å². The van der Waals surface area contributed by atoms with Gasteiger partial charge in [0.05, 0.1) is 26.2 Å². The Balaban J connectivity index is 3.21. The van der Waals surface area contributed by atoms with E-state index >= 15 is 0 Å². The van der Waals surface area contributed by atoms with Gasteiger partial charge in [-0.2, -0.15) is 0 Å². The van der Waals surface area contributed by atoms with Crippen LogP contribution < -0.4 is 0 Å². The smallest absolute Gasteiger partial charge is 0.335 e. The van der Waals surface area contributed by atoms with Gasteiger partial charge in [0.15, 0.2) is 0 Å². The van der Waals surface area contributed by atoms with Crippen LogP contribution in [0.25, 0.3) is 0 Å². The normalized spacial score (nSPS) is 14.2. The van der Waals surface area contributed by atoms with Crippen LogP contribution >= 0.6 is 0 Å². The number of likely N-dealkylation sites (tertiary alicyclic amines) is 1. The van der Waals surface area contributed by atoms with Gasteiger partial charge in [0.25, 0.3) is 5.41 Å². The van der Waals surface area contributed by atoms with Gasteiger partial charge in [-0.1, -0.05) is 0 Å². The Hall–Kier alpha value is -2.12. The molecule has 0 aromatic rings. The number of carbonyl (C=O) groups is 4. The molecule has 0 saturated carbocycles. The zero-order chi connectivity index (χ0) is 18.2. The topological polar surface area (TPSA) is 99.2 Å². The van der Waals surface area contributed by atoms with Crippen LogP contribution in [0, 0.1) is 5.41 Å². The molecule has 0 aromatic heterocycles. The minimum Gasteiger partial charge on any atom is -0.465 e. The highest BCUT2D eigenvalue weighted by molar-refractivity contribution is 6.20. The van der Waals surface area contributed by atoms with E-state index < -0.39 is 35.7 Å². The summed E-state index contributed by atoms with van der Waals surface area (Å²) in [5.41, 5.74) is -2.41. The first kappa shape index (κ1) is 19.9. The highest BCUT2D eigenvalue weighted by atomic mass is 16.6. The second-order valence-corrected chi connectivity index (χ2v) is 5.33. The molecular weight excluding hydrogens is 318 g/mol. The number of ether oxygens (including phenoxy) is 3. The number of rotatable bonds is 8. The van der Waals surface area contributed by atoms with Crippen molar-refractivity contribution in [1.29, 1.82) is 0 Å². The number of carbonyl (C=O) groups excluding carboxylic acids is 4. The molecule has 0 spiro atoms. The molecule has 1 amide bonds. The molecule has 1 aliphatic rings. The van der Waals surface area contributed by atoms with Crippen molar-refractivity contribution in [1.82, 2.24) is 4.90 Å². The van der Waals surface area contributed by atoms with Gasteiger partial charge in [0, 0.05) is 13.1 Å². The maximum absolute atomic E-state index is 12.5. The van der Waals surface area contributed by atoms with Gasteiger partial charge in [-0.05, 0) is 33.6 Å². The van der Waals surface area contributed by atoms with E-state index in [0.717, 1.165) is 12.8 Å². The molecule has 0 aromatic carbocycles. The quantitative estimate of drug-likeness (QED) is 0.363. The summed E-state index contributed by atoms with van der Waals surface area (Å²) in [5, 5.41) is 0. The van der Waals surface area contributed by atoms with Crippen LogP contribution in [0.2, 0.25) is 0 Å². The Morgan fingerprint density at radius 2 is 1.17 bits per heavy atom. The summed E-state index contributed by atoms with van der Waals surface area (Å²) >= 11 is 0. The Morgan fingerprint density at radius 3 is 1.50 bits per heavy atom. The standard InChI is InChI=1S/C16H25NO7/c1-4-22-13(19)16(14(20)23-5-2,15(21)24-6-3)11-12(18)17-9-7-8-10-17/h4-11H2,1-3H3. The lowest BCUT2D eigenvalue weighted by Crippen LogP contribution is -2.52. The van der Waals surface area contributed by atoms with Gasteiger partial charge in [-0.25, -0.2) is 0 Å². The molecule has 8 nitrogen and oxygen atoms in total. The van der Waals surface area contributed by atoms with Crippen molar-refractivity contribution in [2.45, 2.75) is 40.0 Å². The predicted molar refractivity (Wildman–Crippen MR) is 82.8 cm³/mol. The largest absolute Gasteiger partial charge is 0.465 e. The molecule has 1 fully saturated rings. The maximum Gasteiger partial charge on any atom is 0.335 e.